The molecule has 4 heteroatoms. The molecule has 90 valence electrons. The third kappa shape index (κ3) is 3.72. The molecule has 0 bridgehead atoms. The third-order valence-electron chi connectivity index (χ3n) is 2.43. The van der Waals surface area contributed by atoms with Crippen LogP contribution in [-0.2, 0) is 0 Å². The van der Waals surface area contributed by atoms with Crippen LogP contribution in [0, 0.1) is 12.3 Å². The first kappa shape index (κ1) is 12.9. The monoisotopic (exact) mass is 231 g/mol. The van der Waals surface area contributed by atoms with E-state index in [2.05, 4.69) is 11.2 Å². The van der Waals surface area contributed by atoms with Gasteiger partial charge in [-0.05, 0) is 24.6 Å². The summed E-state index contributed by atoms with van der Waals surface area (Å²) in [5.74, 6) is 2.33. The fourth-order valence-electron chi connectivity index (χ4n) is 1.52. The van der Waals surface area contributed by atoms with Crippen molar-refractivity contribution in [1.29, 1.82) is 0 Å². The van der Waals surface area contributed by atoms with Crippen molar-refractivity contribution >= 4 is 17.3 Å². The lowest BCUT2D eigenvalue weighted by Gasteiger charge is -2.14. The van der Waals surface area contributed by atoms with Gasteiger partial charge >= 0.3 is 0 Å². The number of nitrogens with two attached hydrogens (primary N) is 2. The van der Waals surface area contributed by atoms with Gasteiger partial charge in [-0.1, -0.05) is 6.92 Å². The van der Waals surface area contributed by atoms with Gasteiger partial charge in [-0.2, -0.15) is 0 Å². The van der Waals surface area contributed by atoms with Crippen LogP contribution in [0.2, 0.25) is 0 Å². The molecule has 0 aromatic heterocycles. The number of nitrogens with one attached hydrogen (secondary N) is 1. The summed E-state index contributed by atoms with van der Waals surface area (Å²) in [4.78, 5) is 11.9. The quantitative estimate of drug-likeness (QED) is 0.541. The highest BCUT2D eigenvalue weighted by Crippen LogP contribution is 2.14. The maximum absolute atomic E-state index is 11.9. The predicted octanol–water partition coefficient (Wildman–Crippen LogP) is 1.38. The first-order chi connectivity index (χ1) is 8.06. The number of anilines is 2. The van der Waals surface area contributed by atoms with Crippen LogP contribution < -0.4 is 16.8 Å². The largest absolute Gasteiger partial charge is 0.399 e. The number of carbonyl (C=O) groups excluding carboxylic acids is 1. The van der Waals surface area contributed by atoms with Crippen molar-refractivity contribution < 1.29 is 4.79 Å². The average molecular weight is 231 g/mol. The molecule has 0 saturated carbocycles. The molecule has 0 aliphatic rings. The zero-order chi connectivity index (χ0) is 12.8. The van der Waals surface area contributed by atoms with Crippen LogP contribution in [-0.4, -0.2) is 11.9 Å². The van der Waals surface area contributed by atoms with Gasteiger partial charge in [-0.25, -0.2) is 0 Å². The van der Waals surface area contributed by atoms with Crippen molar-refractivity contribution in [2.45, 2.75) is 25.8 Å². The third-order valence-corrected chi connectivity index (χ3v) is 2.43. The van der Waals surface area contributed by atoms with Gasteiger partial charge in [0.1, 0.15) is 0 Å². The summed E-state index contributed by atoms with van der Waals surface area (Å²) in [6.45, 7) is 1.97. The lowest BCUT2D eigenvalue weighted by atomic mass is 10.1. The number of hydrogen-bond donors (Lipinski definition) is 3. The van der Waals surface area contributed by atoms with Gasteiger partial charge < -0.3 is 16.8 Å². The number of terminal acetylenes is 1. The second kappa shape index (κ2) is 5.80. The highest BCUT2D eigenvalue weighted by atomic mass is 16.1. The molecule has 1 aromatic carbocycles. The topological polar surface area (TPSA) is 81.1 Å². The lowest BCUT2D eigenvalue weighted by Crippen LogP contribution is -2.34. The number of hydrogen-bond acceptors (Lipinski definition) is 3. The number of benzene rings is 1. The van der Waals surface area contributed by atoms with Crippen LogP contribution in [0.5, 0.6) is 0 Å². The maximum atomic E-state index is 11.9. The SMILES string of the molecule is C#CCC(CC)NC(=O)c1cc(N)cc(N)c1. The van der Waals surface area contributed by atoms with Gasteiger partial charge in [0.15, 0.2) is 0 Å². The Hall–Kier alpha value is -2.15. The lowest BCUT2D eigenvalue weighted by molar-refractivity contribution is 0.0937. The molecule has 0 aliphatic heterocycles. The summed E-state index contributed by atoms with van der Waals surface area (Å²) in [5.41, 5.74) is 12.7. The minimum Gasteiger partial charge on any atom is -0.399 e. The van der Waals surface area contributed by atoms with Crippen LogP contribution >= 0.6 is 0 Å². The Kier molecular flexibility index (Phi) is 4.41. The number of carbonyl (C=O) groups is 1. The first-order valence-corrected chi connectivity index (χ1v) is 5.47. The van der Waals surface area contributed by atoms with Crippen LogP contribution in [0.25, 0.3) is 0 Å². The van der Waals surface area contributed by atoms with E-state index in [4.69, 9.17) is 17.9 Å². The van der Waals surface area contributed by atoms with E-state index in [0.29, 0.717) is 23.4 Å². The summed E-state index contributed by atoms with van der Waals surface area (Å²) >= 11 is 0. The van der Waals surface area contributed by atoms with E-state index in [0.717, 1.165) is 6.42 Å². The van der Waals surface area contributed by atoms with E-state index in [9.17, 15) is 4.79 Å². The Morgan fingerprint density at radius 2 is 2.00 bits per heavy atom. The molecular weight excluding hydrogens is 214 g/mol. The molecular formula is C13H17N3O. The molecule has 0 heterocycles. The summed E-state index contributed by atoms with van der Waals surface area (Å²) < 4.78 is 0. The Morgan fingerprint density at radius 3 is 2.47 bits per heavy atom. The van der Waals surface area contributed by atoms with Crippen LogP contribution in [0.4, 0.5) is 11.4 Å². The van der Waals surface area contributed by atoms with E-state index in [1.165, 1.54) is 0 Å². The highest BCUT2D eigenvalue weighted by Gasteiger charge is 2.12. The molecule has 1 atom stereocenters. The molecule has 0 aliphatic carbocycles. The fourth-order valence-corrected chi connectivity index (χ4v) is 1.52. The summed E-state index contributed by atoms with van der Waals surface area (Å²) in [6, 6.07) is 4.77. The van der Waals surface area contributed by atoms with Crippen molar-refractivity contribution in [3.8, 4) is 12.3 Å². The average Bonchev–Trinajstić information content (AvgIpc) is 2.27. The van der Waals surface area contributed by atoms with Crippen molar-refractivity contribution in [2.24, 2.45) is 0 Å². The second-order valence-electron chi connectivity index (χ2n) is 3.88. The standard InChI is InChI=1S/C13H17N3O/c1-3-5-12(4-2)16-13(17)9-6-10(14)8-11(15)7-9/h1,6-8,12H,4-5,14-15H2,2H3,(H,16,17). The van der Waals surface area contributed by atoms with Crippen molar-refractivity contribution in [2.75, 3.05) is 11.5 Å². The number of nitrogen functional groups attached to an aromatic ring is 2. The molecule has 0 spiro atoms. The van der Waals surface area contributed by atoms with E-state index in [-0.39, 0.29) is 11.9 Å². The van der Waals surface area contributed by atoms with E-state index in [1.54, 1.807) is 18.2 Å². The van der Waals surface area contributed by atoms with Crippen molar-refractivity contribution in [1.82, 2.24) is 5.32 Å². The van der Waals surface area contributed by atoms with Crippen LogP contribution in [0.3, 0.4) is 0 Å². The molecule has 1 rings (SSSR count). The van der Waals surface area contributed by atoms with Gasteiger partial charge in [0.2, 0.25) is 0 Å². The van der Waals surface area contributed by atoms with Crippen LogP contribution in [0.1, 0.15) is 30.1 Å². The van der Waals surface area contributed by atoms with E-state index < -0.39 is 0 Å². The van der Waals surface area contributed by atoms with E-state index in [1.807, 2.05) is 6.92 Å². The van der Waals surface area contributed by atoms with Crippen molar-refractivity contribution in [3.63, 3.8) is 0 Å². The smallest absolute Gasteiger partial charge is 0.251 e. The molecule has 0 saturated heterocycles. The number of rotatable bonds is 4. The van der Waals surface area contributed by atoms with Gasteiger partial charge in [0.25, 0.3) is 5.91 Å². The minimum atomic E-state index is -0.203. The van der Waals surface area contributed by atoms with Crippen LogP contribution in [0.15, 0.2) is 18.2 Å². The molecule has 1 aromatic rings. The summed E-state index contributed by atoms with van der Waals surface area (Å²) in [5, 5.41) is 2.85. The first-order valence-electron chi connectivity index (χ1n) is 5.47. The molecule has 17 heavy (non-hydrogen) atoms. The molecule has 1 amide bonds. The molecule has 0 radical (unpaired) electrons. The normalized spacial score (nSPS) is 11.5. The van der Waals surface area contributed by atoms with Gasteiger partial charge in [-0.15, -0.1) is 12.3 Å². The number of amides is 1. The molecule has 4 nitrogen and oxygen atoms in total. The van der Waals surface area contributed by atoms with Gasteiger partial charge in [0.05, 0.1) is 0 Å². The minimum absolute atomic E-state index is 0.0184. The van der Waals surface area contributed by atoms with Crippen molar-refractivity contribution in [3.05, 3.63) is 23.8 Å². The Balaban J connectivity index is 2.79. The Bertz CT molecular complexity index is 428. The molecule has 5 N–H and O–H groups in total. The molecule has 0 fully saturated rings. The summed E-state index contributed by atoms with van der Waals surface area (Å²) in [7, 11) is 0. The Morgan fingerprint density at radius 1 is 1.41 bits per heavy atom. The van der Waals surface area contributed by atoms with Gasteiger partial charge in [0, 0.05) is 29.4 Å². The zero-order valence-corrected chi connectivity index (χ0v) is 9.86. The van der Waals surface area contributed by atoms with E-state index >= 15 is 0 Å². The zero-order valence-electron chi connectivity index (χ0n) is 9.86. The summed E-state index contributed by atoms with van der Waals surface area (Å²) in [6.07, 6.45) is 6.53. The predicted molar refractivity (Wildman–Crippen MR) is 70.3 cm³/mol. The maximum Gasteiger partial charge on any atom is 0.251 e. The highest BCUT2D eigenvalue weighted by molar-refractivity contribution is 5.96. The van der Waals surface area contributed by atoms with Gasteiger partial charge in [-0.3, -0.25) is 4.79 Å². The molecule has 1 unspecified atom stereocenters. The fraction of sp³-hybridized carbons (Fsp3) is 0.308. The second-order valence-corrected chi connectivity index (χ2v) is 3.88. The Labute approximate surface area is 101 Å².